The Morgan fingerprint density at radius 3 is 2.47 bits per heavy atom. The second kappa shape index (κ2) is 8.24. The van der Waals surface area contributed by atoms with Gasteiger partial charge in [0.1, 0.15) is 5.82 Å². The van der Waals surface area contributed by atoms with Crippen molar-refractivity contribution in [3.05, 3.63) is 41.8 Å². The van der Waals surface area contributed by atoms with E-state index in [1.807, 2.05) is 6.07 Å². The topological polar surface area (TPSA) is 62.3 Å². The van der Waals surface area contributed by atoms with E-state index < -0.39 is 17.7 Å². The number of aromatic nitrogens is 1. The van der Waals surface area contributed by atoms with E-state index in [9.17, 15) is 22.8 Å². The lowest BCUT2D eigenvalue weighted by atomic mass is 9.87. The van der Waals surface area contributed by atoms with E-state index in [4.69, 9.17) is 0 Å². The highest BCUT2D eigenvalue weighted by Crippen LogP contribution is 2.34. The molecule has 1 N–H and O–H groups in total. The van der Waals surface area contributed by atoms with Gasteiger partial charge in [0.15, 0.2) is 0 Å². The molecule has 1 aromatic heterocycles. The first kappa shape index (κ1) is 20.6. The fourth-order valence-corrected chi connectivity index (χ4v) is 4.46. The maximum absolute atomic E-state index is 13.7. The Hall–Kier alpha value is -2.64. The number of halogens is 3. The van der Waals surface area contributed by atoms with Crippen molar-refractivity contribution in [2.24, 2.45) is 0 Å². The maximum atomic E-state index is 13.7. The zero-order chi connectivity index (χ0) is 21.3. The van der Waals surface area contributed by atoms with E-state index in [1.54, 1.807) is 12.3 Å². The third-order valence-corrected chi connectivity index (χ3v) is 6.21. The maximum Gasteiger partial charge on any atom is 0.311 e. The van der Waals surface area contributed by atoms with Crippen molar-refractivity contribution >= 4 is 22.7 Å². The molecule has 1 aliphatic carbocycles. The Morgan fingerprint density at radius 2 is 1.77 bits per heavy atom. The largest absolute Gasteiger partial charge is 0.345 e. The fraction of sp³-hybridized carbons (Fsp3) is 0.500. The van der Waals surface area contributed by atoms with E-state index in [-0.39, 0.29) is 43.5 Å². The van der Waals surface area contributed by atoms with Gasteiger partial charge in [-0.3, -0.25) is 14.6 Å². The Kier molecular flexibility index (Phi) is 5.66. The van der Waals surface area contributed by atoms with E-state index in [0.29, 0.717) is 25.9 Å². The number of pyridine rings is 1. The molecule has 4 rings (SSSR count). The van der Waals surface area contributed by atoms with Crippen LogP contribution < -0.4 is 5.32 Å². The highest BCUT2D eigenvalue weighted by Gasteiger charge is 2.36. The molecule has 0 unspecified atom stereocenters. The standard InChI is InChI=1S/C22H24F3N3O2/c23-15-1-2-19-18(13-15)17(5-10-26-19)14-6-11-28(12-7-14)21(30)20(29)27-16-3-8-22(24,25)9-4-16/h1-2,5,10,13-14,16H,3-4,6-9,11-12H2,(H,27,29). The normalized spacial score (nSPS) is 20.3. The summed E-state index contributed by atoms with van der Waals surface area (Å²) in [6, 6.07) is 6.02. The van der Waals surface area contributed by atoms with Crippen LogP contribution in [0, 0.1) is 5.82 Å². The number of hydrogen-bond donors (Lipinski definition) is 1. The van der Waals surface area contributed by atoms with Crippen molar-refractivity contribution in [2.75, 3.05) is 13.1 Å². The molecule has 0 bridgehead atoms. The molecule has 2 heterocycles. The number of rotatable bonds is 2. The van der Waals surface area contributed by atoms with Crippen LogP contribution in [-0.2, 0) is 9.59 Å². The molecule has 1 aliphatic heterocycles. The summed E-state index contributed by atoms with van der Waals surface area (Å²) >= 11 is 0. The van der Waals surface area contributed by atoms with Gasteiger partial charge in [-0.1, -0.05) is 0 Å². The molecule has 0 atom stereocenters. The highest BCUT2D eigenvalue weighted by molar-refractivity contribution is 6.35. The summed E-state index contributed by atoms with van der Waals surface area (Å²) in [6.45, 7) is 0.831. The van der Waals surface area contributed by atoms with Gasteiger partial charge in [-0.2, -0.15) is 0 Å². The molecular weight excluding hydrogens is 395 g/mol. The summed E-state index contributed by atoms with van der Waals surface area (Å²) in [5, 5.41) is 3.39. The Labute approximate surface area is 172 Å². The SMILES string of the molecule is O=C(NC1CCC(F)(F)CC1)C(=O)N1CCC(c2ccnc3ccc(F)cc23)CC1. The van der Waals surface area contributed by atoms with Crippen LogP contribution in [0.4, 0.5) is 13.2 Å². The molecular formula is C22H24F3N3O2. The number of nitrogens with zero attached hydrogens (tertiary/aromatic N) is 2. The molecule has 30 heavy (non-hydrogen) atoms. The summed E-state index contributed by atoms with van der Waals surface area (Å²) in [5.41, 5.74) is 1.73. The lowest BCUT2D eigenvalue weighted by Gasteiger charge is -2.33. The quantitative estimate of drug-likeness (QED) is 0.754. The van der Waals surface area contributed by atoms with Gasteiger partial charge in [0.05, 0.1) is 5.52 Å². The molecule has 1 saturated carbocycles. The van der Waals surface area contributed by atoms with Gasteiger partial charge in [0.25, 0.3) is 0 Å². The summed E-state index contributed by atoms with van der Waals surface area (Å²) in [6.07, 6.45) is 2.85. The Morgan fingerprint density at radius 1 is 1.07 bits per heavy atom. The van der Waals surface area contributed by atoms with Gasteiger partial charge in [0, 0.05) is 43.6 Å². The van der Waals surface area contributed by atoms with Crippen molar-refractivity contribution < 1.29 is 22.8 Å². The number of amides is 2. The van der Waals surface area contributed by atoms with Gasteiger partial charge in [-0.25, -0.2) is 13.2 Å². The van der Waals surface area contributed by atoms with Crippen LogP contribution in [0.15, 0.2) is 30.5 Å². The molecule has 2 amide bonds. The zero-order valence-electron chi connectivity index (χ0n) is 16.5. The molecule has 8 heteroatoms. The number of alkyl halides is 2. The minimum atomic E-state index is -2.67. The summed E-state index contributed by atoms with van der Waals surface area (Å²) in [7, 11) is 0. The zero-order valence-corrected chi connectivity index (χ0v) is 16.5. The first-order valence-electron chi connectivity index (χ1n) is 10.3. The number of piperidine rings is 1. The Balaban J connectivity index is 1.35. The second-order valence-electron chi connectivity index (χ2n) is 8.23. The van der Waals surface area contributed by atoms with Gasteiger partial charge in [0.2, 0.25) is 5.92 Å². The lowest BCUT2D eigenvalue weighted by Crippen LogP contribution is -2.49. The predicted molar refractivity (Wildman–Crippen MR) is 106 cm³/mol. The molecule has 2 fully saturated rings. The summed E-state index contributed by atoms with van der Waals surface area (Å²) in [5.74, 6) is -4.18. The first-order chi connectivity index (χ1) is 14.3. The molecule has 5 nitrogen and oxygen atoms in total. The van der Waals surface area contributed by atoms with Gasteiger partial charge in [-0.15, -0.1) is 0 Å². The van der Waals surface area contributed by atoms with Gasteiger partial charge < -0.3 is 10.2 Å². The van der Waals surface area contributed by atoms with Crippen molar-refractivity contribution in [1.82, 2.24) is 15.2 Å². The van der Waals surface area contributed by atoms with Crippen molar-refractivity contribution in [1.29, 1.82) is 0 Å². The smallest absolute Gasteiger partial charge is 0.311 e. The number of nitrogens with one attached hydrogen (secondary N) is 1. The van der Waals surface area contributed by atoms with Crippen LogP contribution in [0.1, 0.15) is 50.0 Å². The van der Waals surface area contributed by atoms with Crippen LogP contribution >= 0.6 is 0 Å². The van der Waals surface area contributed by atoms with E-state index >= 15 is 0 Å². The van der Waals surface area contributed by atoms with Crippen LogP contribution in [0.25, 0.3) is 10.9 Å². The molecule has 1 saturated heterocycles. The van der Waals surface area contributed by atoms with Gasteiger partial charge in [-0.05, 0) is 61.4 Å². The van der Waals surface area contributed by atoms with Crippen LogP contribution in [0.5, 0.6) is 0 Å². The van der Waals surface area contributed by atoms with Crippen LogP contribution in [-0.4, -0.2) is 46.8 Å². The number of likely N-dealkylation sites (tertiary alicyclic amines) is 1. The number of carbonyl (C=O) groups excluding carboxylic acids is 2. The molecule has 160 valence electrons. The highest BCUT2D eigenvalue weighted by atomic mass is 19.3. The number of carbonyl (C=O) groups is 2. The second-order valence-corrected chi connectivity index (χ2v) is 8.23. The van der Waals surface area contributed by atoms with Crippen molar-refractivity contribution in [3.63, 3.8) is 0 Å². The average molecular weight is 419 g/mol. The fourth-order valence-electron chi connectivity index (χ4n) is 4.46. The number of fused-ring (bicyclic) bond motifs is 1. The van der Waals surface area contributed by atoms with Crippen molar-refractivity contribution in [2.45, 2.75) is 56.4 Å². The lowest BCUT2D eigenvalue weighted by molar-refractivity contribution is -0.147. The van der Waals surface area contributed by atoms with E-state index in [1.165, 1.54) is 17.0 Å². The molecule has 2 aliphatic rings. The minimum Gasteiger partial charge on any atom is -0.345 e. The molecule has 1 aromatic carbocycles. The first-order valence-corrected chi connectivity index (χ1v) is 10.3. The number of hydrogen-bond acceptors (Lipinski definition) is 3. The third kappa shape index (κ3) is 4.42. The minimum absolute atomic E-state index is 0.144. The van der Waals surface area contributed by atoms with E-state index in [0.717, 1.165) is 16.5 Å². The van der Waals surface area contributed by atoms with Crippen LogP contribution in [0.2, 0.25) is 0 Å². The molecule has 2 aromatic rings. The van der Waals surface area contributed by atoms with Gasteiger partial charge >= 0.3 is 11.8 Å². The molecule has 0 spiro atoms. The monoisotopic (exact) mass is 419 g/mol. The molecule has 0 radical (unpaired) electrons. The predicted octanol–water partition coefficient (Wildman–Crippen LogP) is 3.77. The van der Waals surface area contributed by atoms with E-state index in [2.05, 4.69) is 10.3 Å². The number of benzene rings is 1. The van der Waals surface area contributed by atoms with Crippen molar-refractivity contribution in [3.8, 4) is 0 Å². The average Bonchev–Trinajstić information content (AvgIpc) is 2.74. The van der Waals surface area contributed by atoms with Crippen LogP contribution in [0.3, 0.4) is 0 Å². The summed E-state index contributed by atoms with van der Waals surface area (Å²) in [4.78, 5) is 30.6. The third-order valence-electron chi connectivity index (χ3n) is 6.21. The Bertz CT molecular complexity index is 948. The summed E-state index contributed by atoms with van der Waals surface area (Å²) < 4.78 is 40.2.